The molecule has 1 aliphatic rings. The predicted octanol–water partition coefficient (Wildman–Crippen LogP) is 4.05. The van der Waals surface area contributed by atoms with Crippen LogP contribution in [0.1, 0.15) is 33.6 Å². The van der Waals surface area contributed by atoms with Crippen molar-refractivity contribution in [3.8, 4) is 22.8 Å². The number of piperidine rings is 1. The van der Waals surface area contributed by atoms with Crippen molar-refractivity contribution in [1.82, 2.24) is 24.9 Å². The number of furan rings is 1. The summed E-state index contributed by atoms with van der Waals surface area (Å²) in [6.45, 7) is 8.67. The number of nitrogens with zero attached hydrogens (tertiary/aromatic N) is 5. The third kappa shape index (κ3) is 4.70. The van der Waals surface area contributed by atoms with E-state index >= 15 is 0 Å². The maximum Gasteiger partial charge on any atom is 0.223 e. The van der Waals surface area contributed by atoms with E-state index < -0.39 is 0 Å². The SMILES string of the molecule is CCNC(C(=O)C(C)C)C1CCN(c2cccc(-c3cc4nc(-c5ccco5)nn4c(N)n3)c2)CC1. The predicted molar refractivity (Wildman–Crippen MR) is 141 cm³/mol. The first kappa shape index (κ1) is 24.0. The number of aromatic nitrogens is 4. The van der Waals surface area contributed by atoms with Crippen molar-refractivity contribution in [2.24, 2.45) is 11.8 Å². The number of likely N-dealkylation sites (N-methyl/N-ethyl adjacent to an activating group) is 1. The van der Waals surface area contributed by atoms with Gasteiger partial charge in [0.2, 0.25) is 11.8 Å². The second-order valence-corrected chi connectivity index (χ2v) is 9.65. The highest BCUT2D eigenvalue weighted by Crippen LogP contribution is 2.30. The van der Waals surface area contributed by atoms with E-state index in [0.29, 0.717) is 28.9 Å². The fourth-order valence-electron chi connectivity index (χ4n) is 5.00. The standard InChI is InChI=1S/C27H33N7O2/c1-4-29-24(25(35)17(2)3)18-10-12-33(13-11-18)20-8-5-7-19(15-20)21-16-23-31-26(22-9-6-14-36-22)32-34(23)27(28)30-21/h5-9,14-18,24,29H,4,10-13H2,1-3H3,(H2,28,30). The lowest BCUT2D eigenvalue weighted by Gasteiger charge is -2.37. The molecule has 3 N–H and O–H groups in total. The Morgan fingerprint density at radius 2 is 1.97 bits per heavy atom. The Morgan fingerprint density at radius 3 is 2.67 bits per heavy atom. The van der Waals surface area contributed by atoms with Gasteiger partial charge in [0.1, 0.15) is 0 Å². The molecule has 188 valence electrons. The van der Waals surface area contributed by atoms with E-state index in [1.807, 2.05) is 38.1 Å². The van der Waals surface area contributed by atoms with E-state index in [4.69, 9.17) is 10.2 Å². The summed E-state index contributed by atoms with van der Waals surface area (Å²) in [6.07, 6.45) is 3.55. The third-order valence-electron chi connectivity index (χ3n) is 6.91. The molecule has 0 aliphatic carbocycles. The van der Waals surface area contributed by atoms with Crippen LogP contribution in [0, 0.1) is 11.8 Å². The first-order valence-corrected chi connectivity index (χ1v) is 12.6. The molecule has 0 radical (unpaired) electrons. The highest BCUT2D eigenvalue weighted by atomic mass is 16.3. The maximum absolute atomic E-state index is 12.8. The van der Waals surface area contributed by atoms with Gasteiger partial charge in [0.25, 0.3) is 0 Å². The Hall–Kier alpha value is -3.72. The number of hydrogen-bond acceptors (Lipinski definition) is 8. The number of fused-ring (bicyclic) bond motifs is 1. The number of anilines is 2. The summed E-state index contributed by atoms with van der Waals surface area (Å²) in [5.41, 5.74) is 9.68. The quantitative estimate of drug-likeness (QED) is 0.383. The van der Waals surface area contributed by atoms with E-state index in [1.54, 1.807) is 12.3 Å². The monoisotopic (exact) mass is 487 g/mol. The summed E-state index contributed by atoms with van der Waals surface area (Å²) >= 11 is 0. The zero-order valence-electron chi connectivity index (χ0n) is 21.0. The number of hydrogen-bond donors (Lipinski definition) is 2. The molecule has 0 spiro atoms. The molecule has 1 fully saturated rings. The minimum atomic E-state index is -0.0587. The van der Waals surface area contributed by atoms with Gasteiger partial charge in [-0.25, -0.2) is 9.97 Å². The van der Waals surface area contributed by atoms with Gasteiger partial charge in [-0.3, -0.25) is 4.79 Å². The van der Waals surface area contributed by atoms with Gasteiger partial charge in [-0.15, -0.1) is 5.10 Å². The molecule has 1 atom stereocenters. The molecule has 0 amide bonds. The van der Waals surface area contributed by atoms with Crippen LogP contribution in [0.25, 0.3) is 28.5 Å². The Bertz CT molecular complexity index is 1340. The molecule has 1 aromatic carbocycles. The number of nitrogen functional groups attached to an aromatic ring is 1. The molecule has 4 aromatic rings. The van der Waals surface area contributed by atoms with Crippen LogP contribution in [-0.2, 0) is 4.79 Å². The number of carbonyl (C=O) groups excluding carboxylic acids is 1. The largest absolute Gasteiger partial charge is 0.461 e. The number of nitrogens with two attached hydrogens (primary N) is 1. The summed E-state index contributed by atoms with van der Waals surface area (Å²) in [4.78, 5) is 24.3. The number of carbonyl (C=O) groups is 1. The van der Waals surface area contributed by atoms with E-state index in [1.165, 1.54) is 4.52 Å². The molecule has 9 nitrogen and oxygen atoms in total. The van der Waals surface area contributed by atoms with Gasteiger partial charge in [-0.05, 0) is 49.6 Å². The second-order valence-electron chi connectivity index (χ2n) is 9.65. The molecule has 1 saturated heterocycles. The fourth-order valence-corrected chi connectivity index (χ4v) is 5.00. The molecular formula is C27H33N7O2. The van der Waals surface area contributed by atoms with Crippen LogP contribution >= 0.6 is 0 Å². The van der Waals surface area contributed by atoms with Crippen LogP contribution in [0.3, 0.4) is 0 Å². The molecule has 5 rings (SSSR count). The van der Waals surface area contributed by atoms with Crippen molar-refractivity contribution in [3.05, 3.63) is 48.7 Å². The molecule has 3 aromatic heterocycles. The van der Waals surface area contributed by atoms with Crippen LogP contribution in [0.4, 0.5) is 11.6 Å². The minimum absolute atomic E-state index is 0.0430. The Balaban J connectivity index is 1.35. The Labute approximate surface area is 210 Å². The normalized spacial score (nSPS) is 15.6. The smallest absolute Gasteiger partial charge is 0.223 e. The van der Waals surface area contributed by atoms with Crippen LogP contribution in [0.2, 0.25) is 0 Å². The fraction of sp³-hybridized carbons (Fsp3) is 0.407. The zero-order chi connectivity index (χ0) is 25.2. The molecule has 0 saturated carbocycles. The first-order valence-electron chi connectivity index (χ1n) is 12.6. The molecule has 4 heterocycles. The third-order valence-corrected chi connectivity index (χ3v) is 6.91. The first-order chi connectivity index (χ1) is 17.4. The van der Waals surface area contributed by atoms with E-state index in [9.17, 15) is 4.79 Å². The highest BCUT2D eigenvalue weighted by molar-refractivity contribution is 5.86. The lowest BCUT2D eigenvalue weighted by atomic mass is 9.84. The minimum Gasteiger partial charge on any atom is -0.461 e. The summed E-state index contributed by atoms with van der Waals surface area (Å²) in [6, 6.07) is 13.8. The van der Waals surface area contributed by atoms with Crippen molar-refractivity contribution in [1.29, 1.82) is 0 Å². The summed E-state index contributed by atoms with van der Waals surface area (Å²) in [5, 5.41) is 7.87. The second kappa shape index (κ2) is 10.1. The maximum atomic E-state index is 12.8. The molecule has 36 heavy (non-hydrogen) atoms. The molecule has 0 bridgehead atoms. The molecular weight excluding hydrogens is 454 g/mol. The van der Waals surface area contributed by atoms with Gasteiger partial charge in [-0.1, -0.05) is 32.9 Å². The van der Waals surface area contributed by atoms with Crippen LogP contribution in [-0.4, -0.2) is 51.0 Å². The topological polar surface area (TPSA) is 115 Å². The highest BCUT2D eigenvalue weighted by Gasteiger charge is 2.32. The average molecular weight is 488 g/mol. The number of benzene rings is 1. The van der Waals surface area contributed by atoms with Gasteiger partial charge in [0, 0.05) is 36.3 Å². The number of Topliss-reactive ketones (excluding diaryl/α,β-unsaturated/α-hetero) is 1. The van der Waals surface area contributed by atoms with Crippen molar-refractivity contribution in [2.75, 3.05) is 30.3 Å². The average Bonchev–Trinajstić information content (AvgIpc) is 3.57. The van der Waals surface area contributed by atoms with Crippen molar-refractivity contribution in [2.45, 2.75) is 39.7 Å². The van der Waals surface area contributed by atoms with Crippen LogP contribution in [0.15, 0.2) is 53.1 Å². The molecule has 1 unspecified atom stereocenters. The zero-order valence-corrected chi connectivity index (χ0v) is 21.0. The summed E-state index contributed by atoms with van der Waals surface area (Å²) in [5.74, 6) is 2.04. The van der Waals surface area contributed by atoms with Crippen LogP contribution in [0.5, 0.6) is 0 Å². The van der Waals surface area contributed by atoms with Gasteiger partial charge in [-0.2, -0.15) is 4.52 Å². The Kier molecular flexibility index (Phi) is 6.73. The molecule has 9 heteroatoms. The lowest BCUT2D eigenvalue weighted by Crippen LogP contribution is -2.48. The number of ketones is 1. The van der Waals surface area contributed by atoms with E-state index in [2.05, 4.69) is 44.3 Å². The van der Waals surface area contributed by atoms with Crippen molar-refractivity contribution in [3.63, 3.8) is 0 Å². The van der Waals surface area contributed by atoms with Crippen molar-refractivity contribution >= 4 is 23.1 Å². The lowest BCUT2D eigenvalue weighted by molar-refractivity contribution is -0.125. The van der Waals surface area contributed by atoms with Crippen molar-refractivity contribution < 1.29 is 9.21 Å². The number of nitrogens with one attached hydrogen (secondary N) is 1. The van der Waals surface area contributed by atoms with Gasteiger partial charge >= 0.3 is 0 Å². The molecule has 1 aliphatic heterocycles. The number of rotatable bonds is 8. The summed E-state index contributed by atoms with van der Waals surface area (Å²) in [7, 11) is 0. The Morgan fingerprint density at radius 1 is 1.17 bits per heavy atom. The van der Waals surface area contributed by atoms with E-state index in [0.717, 1.165) is 49.4 Å². The van der Waals surface area contributed by atoms with Gasteiger partial charge in [0.05, 0.1) is 18.0 Å². The summed E-state index contributed by atoms with van der Waals surface area (Å²) < 4.78 is 6.94. The van der Waals surface area contributed by atoms with Gasteiger partial charge in [0.15, 0.2) is 17.2 Å². The van der Waals surface area contributed by atoms with Crippen LogP contribution < -0.4 is 16.0 Å². The van der Waals surface area contributed by atoms with E-state index in [-0.39, 0.29) is 17.9 Å². The van der Waals surface area contributed by atoms with Gasteiger partial charge < -0.3 is 20.4 Å².